The summed E-state index contributed by atoms with van der Waals surface area (Å²) >= 11 is 5.79. The van der Waals surface area contributed by atoms with Crippen molar-refractivity contribution in [3.8, 4) is 0 Å². The van der Waals surface area contributed by atoms with Gasteiger partial charge < -0.3 is 10.6 Å². The minimum atomic E-state index is -0.701. The van der Waals surface area contributed by atoms with Gasteiger partial charge in [0.2, 0.25) is 0 Å². The Morgan fingerprint density at radius 3 is 2.88 bits per heavy atom. The first kappa shape index (κ1) is 22.6. The summed E-state index contributed by atoms with van der Waals surface area (Å²) in [5.74, 6) is 1.56. The van der Waals surface area contributed by atoms with Crippen LogP contribution in [0.4, 0.5) is 0 Å². The van der Waals surface area contributed by atoms with Crippen LogP contribution in [0.1, 0.15) is 38.2 Å². The number of pyridine rings is 1. The van der Waals surface area contributed by atoms with E-state index in [-0.39, 0.29) is 24.0 Å². The Balaban J connectivity index is 0.00000312. The highest BCUT2D eigenvalue weighted by atomic mass is 127. The van der Waals surface area contributed by atoms with E-state index < -0.39 is 10.8 Å². The second kappa shape index (κ2) is 12.1. The fourth-order valence-corrected chi connectivity index (χ4v) is 4.48. The molecule has 0 saturated heterocycles. The van der Waals surface area contributed by atoms with Crippen molar-refractivity contribution in [2.24, 2.45) is 4.99 Å². The van der Waals surface area contributed by atoms with E-state index in [1.54, 1.807) is 19.3 Å². The normalized spacial score (nSPS) is 22.0. The zero-order chi connectivity index (χ0) is 17.4. The van der Waals surface area contributed by atoms with Crippen molar-refractivity contribution in [2.75, 3.05) is 19.3 Å². The topological polar surface area (TPSA) is 66.4 Å². The van der Waals surface area contributed by atoms with E-state index in [0.717, 1.165) is 55.9 Å². The lowest BCUT2D eigenvalue weighted by molar-refractivity contribution is 0.413. The molecule has 142 valence electrons. The number of halogens is 2. The quantitative estimate of drug-likeness (QED) is 0.274. The van der Waals surface area contributed by atoms with Gasteiger partial charge in [-0.25, -0.2) is 4.98 Å². The second-order valence-corrected chi connectivity index (χ2v) is 8.43. The van der Waals surface area contributed by atoms with Gasteiger partial charge in [-0.2, -0.15) is 0 Å². The molecular formula is C17H28ClIN4OS. The summed E-state index contributed by atoms with van der Waals surface area (Å²) < 4.78 is 12.0. The van der Waals surface area contributed by atoms with E-state index in [2.05, 4.69) is 20.6 Å². The molecule has 1 aliphatic rings. The summed E-state index contributed by atoms with van der Waals surface area (Å²) in [5.41, 5.74) is 1.14. The lowest BCUT2D eigenvalue weighted by Gasteiger charge is -2.30. The zero-order valence-electron chi connectivity index (χ0n) is 14.8. The molecule has 0 radical (unpaired) electrons. The molecule has 1 fully saturated rings. The molecule has 1 aromatic rings. The van der Waals surface area contributed by atoms with Crippen LogP contribution in [0, 0.1) is 0 Å². The molecule has 1 aliphatic carbocycles. The number of guanidine groups is 1. The molecule has 3 unspecified atom stereocenters. The van der Waals surface area contributed by atoms with Crippen LogP contribution in [0.3, 0.4) is 0 Å². The summed E-state index contributed by atoms with van der Waals surface area (Å²) in [6.07, 6.45) is 6.93. The van der Waals surface area contributed by atoms with Crippen molar-refractivity contribution in [3.05, 3.63) is 29.0 Å². The zero-order valence-corrected chi connectivity index (χ0v) is 18.7. The van der Waals surface area contributed by atoms with Gasteiger partial charge in [0.15, 0.2) is 5.96 Å². The van der Waals surface area contributed by atoms with E-state index >= 15 is 0 Å². The number of aliphatic imine (C=N–C) groups is 1. The van der Waals surface area contributed by atoms with E-state index in [4.69, 9.17) is 11.6 Å². The summed E-state index contributed by atoms with van der Waals surface area (Å²) in [7, 11) is 1.08. The monoisotopic (exact) mass is 498 g/mol. The molecule has 3 atom stereocenters. The average molecular weight is 499 g/mol. The van der Waals surface area contributed by atoms with Gasteiger partial charge in [0.1, 0.15) is 5.15 Å². The third-order valence-electron chi connectivity index (χ3n) is 4.34. The van der Waals surface area contributed by atoms with Crippen LogP contribution in [-0.4, -0.2) is 45.8 Å². The molecule has 8 heteroatoms. The Kier molecular flexibility index (Phi) is 10.9. The van der Waals surface area contributed by atoms with Gasteiger partial charge in [-0.3, -0.25) is 9.20 Å². The second-order valence-electron chi connectivity index (χ2n) is 6.04. The lowest BCUT2D eigenvalue weighted by Crippen LogP contribution is -2.47. The van der Waals surface area contributed by atoms with Gasteiger partial charge in [0.25, 0.3) is 0 Å². The first-order valence-corrected chi connectivity index (χ1v) is 10.3. The largest absolute Gasteiger partial charge is 0.356 e. The molecule has 5 nitrogen and oxygen atoms in total. The van der Waals surface area contributed by atoms with Crippen LogP contribution >= 0.6 is 35.6 Å². The Bertz CT molecular complexity index is 570. The molecule has 0 amide bonds. The SMILES string of the molecule is CCS(=O)C1CCCC(NC(=NC)NCCc2ccc(Cl)nc2)C1.I. The maximum absolute atomic E-state index is 12.0. The molecule has 25 heavy (non-hydrogen) atoms. The predicted octanol–water partition coefficient (Wildman–Crippen LogP) is 3.14. The predicted molar refractivity (Wildman–Crippen MR) is 118 cm³/mol. The summed E-state index contributed by atoms with van der Waals surface area (Å²) in [6.45, 7) is 2.78. The van der Waals surface area contributed by atoms with Gasteiger partial charge >= 0.3 is 0 Å². The van der Waals surface area contributed by atoms with Gasteiger partial charge in [-0.05, 0) is 37.3 Å². The van der Waals surface area contributed by atoms with Crippen molar-refractivity contribution in [3.63, 3.8) is 0 Å². The van der Waals surface area contributed by atoms with Gasteiger partial charge in [0, 0.05) is 47.6 Å². The molecule has 0 aliphatic heterocycles. The van der Waals surface area contributed by atoms with Crippen molar-refractivity contribution >= 4 is 52.3 Å². The third-order valence-corrected chi connectivity index (χ3v) is 6.31. The first-order chi connectivity index (χ1) is 11.6. The summed E-state index contributed by atoms with van der Waals surface area (Å²) in [4.78, 5) is 8.39. The van der Waals surface area contributed by atoms with Crippen LogP contribution in [0.15, 0.2) is 23.3 Å². The van der Waals surface area contributed by atoms with Crippen LogP contribution in [0.25, 0.3) is 0 Å². The lowest BCUT2D eigenvalue weighted by atomic mass is 9.95. The Hall–Kier alpha value is -0.410. The standard InChI is InChI=1S/C17H27ClN4OS.HI/c1-3-24(23)15-6-4-5-14(11-15)22-17(19-2)20-10-9-13-7-8-16(18)21-12-13;/h7-8,12,14-15H,3-6,9-11H2,1-2H3,(H2,19,20,22);1H. The Labute approximate surface area is 175 Å². The maximum atomic E-state index is 12.0. The molecule has 1 aromatic heterocycles. The van der Waals surface area contributed by atoms with Crippen molar-refractivity contribution in [2.45, 2.75) is 50.3 Å². The molecular weight excluding hydrogens is 471 g/mol. The fraction of sp³-hybridized carbons (Fsp3) is 0.647. The summed E-state index contributed by atoms with van der Waals surface area (Å²) in [6, 6.07) is 4.14. The molecule has 2 N–H and O–H groups in total. The van der Waals surface area contributed by atoms with E-state index in [1.165, 1.54) is 0 Å². The average Bonchev–Trinajstić information content (AvgIpc) is 2.62. The van der Waals surface area contributed by atoms with Gasteiger partial charge in [-0.1, -0.05) is 31.0 Å². The Morgan fingerprint density at radius 1 is 1.44 bits per heavy atom. The highest BCUT2D eigenvalue weighted by molar-refractivity contribution is 14.0. The molecule has 0 aromatic carbocycles. The number of rotatable bonds is 6. The number of hydrogen-bond donors (Lipinski definition) is 2. The van der Waals surface area contributed by atoms with Crippen LogP contribution < -0.4 is 10.6 Å². The van der Waals surface area contributed by atoms with Crippen LogP contribution in [0.2, 0.25) is 5.15 Å². The van der Waals surface area contributed by atoms with Gasteiger partial charge in [0.05, 0.1) is 0 Å². The van der Waals surface area contributed by atoms with E-state index in [1.807, 2.05) is 13.0 Å². The fourth-order valence-electron chi connectivity index (χ4n) is 3.02. The molecule has 1 saturated carbocycles. The van der Waals surface area contributed by atoms with Crippen molar-refractivity contribution in [1.82, 2.24) is 15.6 Å². The van der Waals surface area contributed by atoms with Crippen molar-refractivity contribution in [1.29, 1.82) is 0 Å². The number of nitrogens with one attached hydrogen (secondary N) is 2. The number of nitrogens with zero attached hydrogens (tertiary/aromatic N) is 2. The molecule has 0 bridgehead atoms. The van der Waals surface area contributed by atoms with E-state index in [9.17, 15) is 4.21 Å². The number of hydrogen-bond acceptors (Lipinski definition) is 3. The van der Waals surface area contributed by atoms with Crippen LogP contribution in [0.5, 0.6) is 0 Å². The third kappa shape index (κ3) is 7.78. The highest BCUT2D eigenvalue weighted by Gasteiger charge is 2.25. The molecule has 2 rings (SSSR count). The van der Waals surface area contributed by atoms with Crippen molar-refractivity contribution < 1.29 is 4.21 Å². The highest BCUT2D eigenvalue weighted by Crippen LogP contribution is 2.22. The number of aromatic nitrogens is 1. The first-order valence-electron chi connectivity index (χ1n) is 8.57. The molecule has 1 heterocycles. The van der Waals surface area contributed by atoms with Gasteiger partial charge in [-0.15, -0.1) is 24.0 Å². The minimum absolute atomic E-state index is 0. The summed E-state index contributed by atoms with van der Waals surface area (Å²) in [5, 5.41) is 7.65. The minimum Gasteiger partial charge on any atom is -0.356 e. The smallest absolute Gasteiger partial charge is 0.191 e. The van der Waals surface area contributed by atoms with E-state index in [0.29, 0.717) is 16.4 Å². The Morgan fingerprint density at radius 2 is 2.24 bits per heavy atom. The van der Waals surface area contributed by atoms with Crippen LogP contribution in [-0.2, 0) is 17.2 Å². The maximum Gasteiger partial charge on any atom is 0.191 e. The molecule has 0 spiro atoms.